The number of benzene rings is 2. The molecular formula is C26H23N7O10S3. The van der Waals surface area contributed by atoms with Crippen molar-refractivity contribution in [3.05, 3.63) is 90.5 Å². The van der Waals surface area contributed by atoms with E-state index in [1.165, 1.54) is 91.5 Å². The number of fused-ring (bicyclic) bond motifs is 1. The summed E-state index contributed by atoms with van der Waals surface area (Å²) in [6.07, 6.45) is -1.94. The van der Waals surface area contributed by atoms with Gasteiger partial charge >= 0.3 is 12.1 Å². The van der Waals surface area contributed by atoms with Crippen LogP contribution >= 0.6 is 33.3 Å². The van der Waals surface area contributed by atoms with Crippen LogP contribution in [0, 0.1) is 26.1 Å². The smallest absolute Gasteiger partial charge is 0.456 e. The zero-order valence-corrected chi connectivity index (χ0v) is 26.4. The summed E-state index contributed by atoms with van der Waals surface area (Å²) >= 11 is 1.26. The Labute approximate surface area is 271 Å². The van der Waals surface area contributed by atoms with Crippen LogP contribution in [0.4, 0.5) is 16.2 Å². The summed E-state index contributed by atoms with van der Waals surface area (Å²) < 4.78 is 17.5. The number of nitro benzene ring substituents is 2. The number of non-ortho nitro benzene ring substituents is 2. The number of nitro groups is 2. The molecule has 46 heavy (non-hydrogen) atoms. The normalized spacial score (nSPS) is 17.9. The van der Waals surface area contributed by atoms with Gasteiger partial charge in [0.15, 0.2) is 0 Å². The van der Waals surface area contributed by atoms with E-state index in [1.54, 1.807) is 14.0 Å². The topological polar surface area (TPSA) is 212 Å². The Hall–Kier alpha value is -4.69. The summed E-state index contributed by atoms with van der Waals surface area (Å²) in [4.78, 5) is 61.9. The van der Waals surface area contributed by atoms with Gasteiger partial charge in [-0.15, -0.1) is 5.10 Å². The molecular weight excluding hydrogens is 667 g/mol. The van der Waals surface area contributed by atoms with Crippen molar-refractivity contribution in [3.63, 3.8) is 0 Å². The van der Waals surface area contributed by atoms with Crippen LogP contribution in [-0.4, -0.2) is 70.2 Å². The van der Waals surface area contributed by atoms with E-state index in [0.29, 0.717) is 21.2 Å². The number of carbonyl (C=O) groups is 3. The number of nitrogens with zero attached hydrogens (tertiary/aromatic N) is 7. The van der Waals surface area contributed by atoms with Crippen LogP contribution < -0.4 is 0 Å². The van der Waals surface area contributed by atoms with E-state index in [1.807, 2.05) is 0 Å². The van der Waals surface area contributed by atoms with Crippen molar-refractivity contribution < 1.29 is 38.4 Å². The van der Waals surface area contributed by atoms with Crippen molar-refractivity contribution in [3.8, 4) is 0 Å². The second kappa shape index (κ2) is 14.2. The van der Waals surface area contributed by atoms with Crippen molar-refractivity contribution in [2.45, 2.75) is 36.8 Å². The first-order chi connectivity index (χ1) is 22.0. The van der Waals surface area contributed by atoms with Gasteiger partial charge in [-0.25, -0.2) is 14.3 Å². The SMILES string of the molecule is C[C@@H](OC(=O)OCc1ccc([N+](=O)[O-])cc1)[C@H]1C(=O)N2C(C(=O)OCc3ccc([N+](=O)[O-])cc3)=C(CSc3nnnn3C)SS[C@H]12. The van der Waals surface area contributed by atoms with Crippen LogP contribution in [0.5, 0.6) is 0 Å². The molecule has 0 aliphatic carbocycles. The molecule has 0 unspecified atom stereocenters. The van der Waals surface area contributed by atoms with Crippen LogP contribution in [-0.2, 0) is 44.1 Å². The van der Waals surface area contributed by atoms with Crippen LogP contribution in [0.15, 0.2) is 64.3 Å². The maximum Gasteiger partial charge on any atom is 0.508 e. The zero-order chi connectivity index (χ0) is 33.0. The molecule has 240 valence electrons. The molecule has 1 saturated heterocycles. The monoisotopic (exact) mass is 689 g/mol. The number of thioether (sulfide) groups is 1. The van der Waals surface area contributed by atoms with Gasteiger partial charge in [0.05, 0.1) is 9.85 Å². The van der Waals surface area contributed by atoms with E-state index in [-0.39, 0.29) is 36.0 Å². The highest BCUT2D eigenvalue weighted by Gasteiger charge is 2.57. The summed E-state index contributed by atoms with van der Waals surface area (Å²) in [6, 6.07) is 11.0. The van der Waals surface area contributed by atoms with Gasteiger partial charge in [0.2, 0.25) is 11.1 Å². The minimum Gasteiger partial charge on any atom is -0.456 e. The maximum absolute atomic E-state index is 13.5. The molecule has 0 spiro atoms. The molecule has 0 N–H and O–H groups in total. The molecule has 2 aliphatic heterocycles. The van der Waals surface area contributed by atoms with Crippen LogP contribution in [0.3, 0.4) is 0 Å². The molecule has 0 saturated carbocycles. The quantitative estimate of drug-likeness (QED) is 0.0656. The fourth-order valence-electron chi connectivity index (χ4n) is 4.37. The Bertz CT molecular complexity index is 1700. The average Bonchev–Trinajstić information content (AvgIpc) is 3.45. The first-order valence-corrected chi connectivity index (χ1v) is 16.4. The third-order valence-electron chi connectivity index (χ3n) is 6.75. The second-order valence-electron chi connectivity index (χ2n) is 9.73. The predicted molar refractivity (Wildman–Crippen MR) is 163 cm³/mol. The number of β-lactam (4-membered cyclic amide) rings is 1. The number of ether oxygens (including phenoxy) is 3. The fraction of sp³-hybridized carbons (Fsp3) is 0.308. The van der Waals surface area contributed by atoms with E-state index in [0.717, 1.165) is 0 Å². The molecule has 1 amide bonds. The minimum absolute atomic E-state index is 0.0347. The van der Waals surface area contributed by atoms with Gasteiger partial charge in [-0.1, -0.05) is 33.3 Å². The summed E-state index contributed by atoms with van der Waals surface area (Å²) in [5.41, 5.74) is 0.837. The molecule has 1 fully saturated rings. The molecule has 2 aliphatic rings. The number of carbonyl (C=O) groups excluding carboxylic acids is 3. The van der Waals surface area contributed by atoms with Crippen molar-refractivity contribution in [2.24, 2.45) is 13.0 Å². The first-order valence-electron chi connectivity index (χ1n) is 13.3. The van der Waals surface area contributed by atoms with Gasteiger partial charge in [-0.2, -0.15) is 0 Å². The van der Waals surface area contributed by atoms with Gasteiger partial charge in [-0.05, 0) is 52.7 Å². The summed E-state index contributed by atoms with van der Waals surface area (Å²) in [5, 5.41) is 33.0. The highest BCUT2D eigenvalue weighted by Crippen LogP contribution is 2.54. The lowest BCUT2D eigenvalue weighted by Crippen LogP contribution is -2.64. The van der Waals surface area contributed by atoms with Crippen molar-refractivity contribution in [2.75, 3.05) is 5.75 Å². The molecule has 3 heterocycles. The number of tetrazole rings is 1. The molecule has 17 nitrogen and oxygen atoms in total. The molecule has 3 atom stereocenters. The summed E-state index contributed by atoms with van der Waals surface area (Å²) in [5.74, 6) is -1.78. The number of rotatable bonds is 12. The zero-order valence-electron chi connectivity index (χ0n) is 23.9. The number of esters is 1. The van der Waals surface area contributed by atoms with E-state index in [9.17, 15) is 34.6 Å². The number of aryl methyl sites for hydroxylation is 1. The van der Waals surface area contributed by atoms with Crippen LogP contribution in [0.1, 0.15) is 18.1 Å². The summed E-state index contributed by atoms with van der Waals surface area (Å²) in [7, 11) is 4.26. The molecule has 1 aromatic heterocycles. The Morgan fingerprint density at radius 3 is 2.13 bits per heavy atom. The van der Waals surface area contributed by atoms with E-state index in [4.69, 9.17) is 14.2 Å². The Morgan fingerprint density at radius 1 is 1.00 bits per heavy atom. The van der Waals surface area contributed by atoms with Crippen molar-refractivity contribution in [1.82, 2.24) is 25.1 Å². The number of hydrogen-bond acceptors (Lipinski definition) is 16. The largest absolute Gasteiger partial charge is 0.508 e. The van der Waals surface area contributed by atoms with E-state index < -0.39 is 45.3 Å². The molecule has 5 rings (SSSR count). The molecule has 0 bridgehead atoms. The lowest BCUT2D eigenvalue weighted by atomic mass is 9.91. The lowest BCUT2D eigenvalue weighted by molar-refractivity contribution is -0.385. The Kier molecular flexibility index (Phi) is 10.1. The molecule has 3 aromatic rings. The van der Waals surface area contributed by atoms with Gasteiger partial charge in [0.1, 0.15) is 36.3 Å². The minimum atomic E-state index is -1.03. The average molecular weight is 690 g/mol. The van der Waals surface area contributed by atoms with Crippen LogP contribution in [0.25, 0.3) is 0 Å². The molecule has 2 aromatic carbocycles. The second-order valence-corrected chi connectivity index (χ2v) is 13.1. The highest BCUT2D eigenvalue weighted by atomic mass is 33.1. The van der Waals surface area contributed by atoms with Gasteiger partial charge in [-0.3, -0.25) is 29.9 Å². The third kappa shape index (κ3) is 7.23. The Balaban J connectivity index is 1.25. The maximum atomic E-state index is 13.5. The van der Waals surface area contributed by atoms with E-state index >= 15 is 0 Å². The van der Waals surface area contributed by atoms with Gasteiger partial charge in [0.25, 0.3) is 11.4 Å². The van der Waals surface area contributed by atoms with Crippen molar-refractivity contribution >= 4 is 62.8 Å². The number of aromatic nitrogens is 4. The Morgan fingerprint density at radius 2 is 1.59 bits per heavy atom. The molecule has 0 radical (unpaired) electrons. The van der Waals surface area contributed by atoms with Gasteiger partial charge < -0.3 is 14.2 Å². The van der Waals surface area contributed by atoms with Gasteiger partial charge in [0, 0.05) is 42.0 Å². The lowest BCUT2D eigenvalue weighted by Gasteiger charge is -2.50. The summed E-state index contributed by atoms with van der Waals surface area (Å²) in [6.45, 7) is 1.15. The third-order valence-corrected chi connectivity index (χ3v) is 10.8. The molecule has 20 heteroatoms. The predicted octanol–water partition coefficient (Wildman–Crippen LogP) is 4.00. The fourth-order valence-corrected chi connectivity index (χ4v) is 8.61. The van der Waals surface area contributed by atoms with Crippen LogP contribution in [0.2, 0.25) is 0 Å². The number of hydrogen-bond donors (Lipinski definition) is 0. The first kappa shape index (κ1) is 32.7. The van der Waals surface area contributed by atoms with Crippen molar-refractivity contribution in [1.29, 1.82) is 0 Å². The van der Waals surface area contributed by atoms with E-state index in [2.05, 4.69) is 15.5 Å². The highest BCUT2D eigenvalue weighted by molar-refractivity contribution is 8.78. The number of amides is 1. The standard InChI is InChI=1S/C26H23N7O10S3/c1-14(43-26(36)42-12-16-5-9-18(10-6-16)33(39)40)20-22(34)31-21(24(35)41-11-15-3-7-17(8-4-15)32(37)38)19(45-46-23(20)31)13-44-25-27-28-29-30(25)2/h3-10,14,20,23H,11-13H2,1-2H3/t14-,20+,23-/m1/s1.